The molecule has 0 aliphatic heterocycles. The quantitative estimate of drug-likeness (QED) is 0.635. The van der Waals surface area contributed by atoms with Crippen LogP contribution in [0, 0.1) is 11.3 Å². The van der Waals surface area contributed by atoms with Crippen LogP contribution >= 0.6 is 0 Å². The number of hydrogen-bond donors (Lipinski definition) is 1. The number of aliphatic hydroxyl groups is 1. The van der Waals surface area contributed by atoms with E-state index in [1.54, 1.807) is 0 Å². The lowest BCUT2D eigenvalue weighted by Gasteiger charge is -2.05. The Morgan fingerprint density at radius 2 is 2.20 bits per heavy atom. The first-order valence-electron chi connectivity index (χ1n) is 3.86. The molecule has 10 heavy (non-hydrogen) atoms. The second-order valence-electron chi connectivity index (χ2n) is 2.49. The minimum absolute atomic E-state index is 0.250. The number of hydrogen-bond acceptors (Lipinski definition) is 2. The maximum Gasteiger partial charge on any atom is 0.0622 e. The number of rotatable bonds is 5. The van der Waals surface area contributed by atoms with Crippen LogP contribution in [0.2, 0.25) is 0 Å². The molecule has 2 nitrogen and oxygen atoms in total. The highest BCUT2D eigenvalue weighted by Crippen LogP contribution is 2.05. The zero-order valence-corrected chi connectivity index (χ0v) is 6.51. The van der Waals surface area contributed by atoms with Gasteiger partial charge in [-0.2, -0.15) is 5.26 Å². The molecule has 0 aromatic heterocycles. The van der Waals surface area contributed by atoms with Crippen LogP contribution < -0.4 is 0 Å². The fourth-order valence-corrected chi connectivity index (χ4v) is 0.815. The van der Waals surface area contributed by atoms with Gasteiger partial charge in [-0.25, -0.2) is 0 Å². The third kappa shape index (κ3) is 5.58. The van der Waals surface area contributed by atoms with Gasteiger partial charge in [0.1, 0.15) is 0 Å². The second-order valence-corrected chi connectivity index (χ2v) is 2.49. The zero-order valence-electron chi connectivity index (χ0n) is 6.51. The first kappa shape index (κ1) is 9.45. The van der Waals surface area contributed by atoms with E-state index in [4.69, 9.17) is 10.4 Å². The number of unbranched alkanes of at least 4 members (excludes halogenated alkanes) is 1. The summed E-state index contributed by atoms with van der Waals surface area (Å²) in [7, 11) is 0. The highest BCUT2D eigenvalue weighted by molar-refractivity contribution is 4.71. The highest BCUT2D eigenvalue weighted by Gasteiger charge is 2.00. The average Bonchev–Trinajstić information content (AvgIpc) is 1.97. The first-order valence-corrected chi connectivity index (χ1v) is 3.86. The molecule has 0 saturated carbocycles. The minimum Gasteiger partial charge on any atom is -0.393 e. The van der Waals surface area contributed by atoms with Crippen molar-refractivity contribution < 1.29 is 5.11 Å². The van der Waals surface area contributed by atoms with Crippen molar-refractivity contribution in [3.05, 3.63) is 0 Å². The van der Waals surface area contributed by atoms with Crippen molar-refractivity contribution in [3.8, 4) is 6.07 Å². The molecule has 1 N–H and O–H groups in total. The van der Waals surface area contributed by atoms with Crippen LogP contribution in [0.3, 0.4) is 0 Å². The highest BCUT2D eigenvalue weighted by atomic mass is 16.3. The van der Waals surface area contributed by atoms with Gasteiger partial charge in [0, 0.05) is 6.42 Å². The van der Waals surface area contributed by atoms with E-state index in [0.717, 1.165) is 19.3 Å². The Morgan fingerprint density at radius 1 is 1.50 bits per heavy atom. The lowest BCUT2D eigenvalue weighted by Crippen LogP contribution is -2.04. The van der Waals surface area contributed by atoms with Gasteiger partial charge in [0.25, 0.3) is 0 Å². The number of aliphatic hydroxyl groups excluding tert-OH is 1. The summed E-state index contributed by atoms with van der Waals surface area (Å²) < 4.78 is 0. The third-order valence-corrected chi connectivity index (χ3v) is 1.48. The zero-order chi connectivity index (χ0) is 7.82. The summed E-state index contributed by atoms with van der Waals surface area (Å²) in [4.78, 5) is 0. The topological polar surface area (TPSA) is 44.0 Å². The maximum absolute atomic E-state index is 9.16. The van der Waals surface area contributed by atoms with Crippen molar-refractivity contribution in [2.45, 2.75) is 45.1 Å². The van der Waals surface area contributed by atoms with E-state index in [1.165, 1.54) is 0 Å². The van der Waals surface area contributed by atoms with E-state index >= 15 is 0 Å². The van der Waals surface area contributed by atoms with E-state index in [0.29, 0.717) is 12.8 Å². The summed E-state index contributed by atoms with van der Waals surface area (Å²) in [5.74, 6) is 0. The van der Waals surface area contributed by atoms with Crippen LogP contribution in [0.25, 0.3) is 0 Å². The Hall–Kier alpha value is -0.550. The average molecular weight is 141 g/mol. The summed E-state index contributed by atoms with van der Waals surface area (Å²) in [5, 5.41) is 17.3. The Morgan fingerprint density at radius 3 is 2.70 bits per heavy atom. The molecule has 0 radical (unpaired) electrons. The van der Waals surface area contributed by atoms with Crippen molar-refractivity contribution in [1.29, 1.82) is 5.26 Å². The molecular weight excluding hydrogens is 126 g/mol. The smallest absolute Gasteiger partial charge is 0.0622 e. The van der Waals surface area contributed by atoms with Crippen molar-refractivity contribution in [1.82, 2.24) is 0 Å². The standard InChI is InChI=1S/C8H15NO/c1-2-3-5-8(10)6-4-7-9/h8,10H,2-6H2,1H3/t8-/m0/s1. The van der Waals surface area contributed by atoms with Crippen molar-refractivity contribution in [2.24, 2.45) is 0 Å². The van der Waals surface area contributed by atoms with Crippen LogP contribution in [0.4, 0.5) is 0 Å². The summed E-state index contributed by atoms with van der Waals surface area (Å²) >= 11 is 0. The van der Waals surface area contributed by atoms with Gasteiger partial charge in [0.2, 0.25) is 0 Å². The minimum atomic E-state index is -0.250. The molecule has 0 aliphatic carbocycles. The molecule has 58 valence electrons. The summed E-state index contributed by atoms with van der Waals surface area (Å²) in [6.45, 7) is 2.09. The van der Waals surface area contributed by atoms with Gasteiger partial charge in [-0.05, 0) is 12.8 Å². The summed E-state index contributed by atoms with van der Waals surface area (Å²) in [5.41, 5.74) is 0. The second kappa shape index (κ2) is 6.57. The van der Waals surface area contributed by atoms with Gasteiger partial charge < -0.3 is 5.11 Å². The first-order chi connectivity index (χ1) is 4.81. The van der Waals surface area contributed by atoms with Crippen LogP contribution in [-0.4, -0.2) is 11.2 Å². The van der Waals surface area contributed by atoms with Crippen molar-refractivity contribution in [2.75, 3.05) is 0 Å². The van der Waals surface area contributed by atoms with Crippen LogP contribution in [-0.2, 0) is 0 Å². The SMILES string of the molecule is CCCC[C@H](O)CCC#N. The van der Waals surface area contributed by atoms with E-state index in [-0.39, 0.29) is 6.10 Å². The molecule has 0 heterocycles. The predicted molar refractivity (Wildman–Crippen MR) is 40.4 cm³/mol. The Balaban J connectivity index is 3.10. The number of nitriles is 1. The van der Waals surface area contributed by atoms with Gasteiger partial charge in [0.05, 0.1) is 12.2 Å². The molecule has 0 unspecified atom stereocenters. The molecule has 0 saturated heterocycles. The Kier molecular flexibility index (Phi) is 6.21. The van der Waals surface area contributed by atoms with Crippen LogP contribution in [0.15, 0.2) is 0 Å². The van der Waals surface area contributed by atoms with Crippen molar-refractivity contribution >= 4 is 0 Å². The monoisotopic (exact) mass is 141 g/mol. The lowest BCUT2D eigenvalue weighted by atomic mass is 10.1. The number of nitrogens with zero attached hydrogens (tertiary/aromatic N) is 1. The van der Waals surface area contributed by atoms with E-state index in [2.05, 4.69) is 6.92 Å². The van der Waals surface area contributed by atoms with E-state index < -0.39 is 0 Å². The van der Waals surface area contributed by atoms with E-state index in [1.807, 2.05) is 6.07 Å². The molecule has 2 heteroatoms. The molecule has 0 spiro atoms. The molecule has 0 aromatic carbocycles. The predicted octanol–water partition coefficient (Wildman–Crippen LogP) is 1.84. The molecule has 0 amide bonds. The van der Waals surface area contributed by atoms with Gasteiger partial charge in [-0.15, -0.1) is 0 Å². The van der Waals surface area contributed by atoms with Crippen LogP contribution in [0.5, 0.6) is 0 Å². The van der Waals surface area contributed by atoms with Gasteiger partial charge >= 0.3 is 0 Å². The maximum atomic E-state index is 9.16. The Bertz CT molecular complexity index is 106. The fraction of sp³-hybridized carbons (Fsp3) is 0.875. The summed E-state index contributed by atoms with van der Waals surface area (Å²) in [6, 6.07) is 2.02. The lowest BCUT2D eigenvalue weighted by molar-refractivity contribution is 0.153. The van der Waals surface area contributed by atoms with Gasteiger partial charge in [-0.3, -0.25) is 0 Å². The largest absolute Gasteiger partial charge is 0.393 e. The van der Waals surface area contributed by atoms with Gasteiger partial charge in [-0.1, -0.05) is 19.8 Å². The van der Waals surface area contributed by atoms with Gasteiger partial charge in [0.15, 0.2) is 0 Å². The molecule has 1 atom stereocenters. The molecule has 0 rings (SSSR count). The third-order valence-electron chi connectivity index (χ3n) is 1.48. The molecular formula is C8H15NO. The molecule has 0 bridgehead atoms. The van der Waals surface area contributed by atoms with Crippen molar-refractivity contribution in [3.63, 3.8) is 0 Å². The molecule has 0 aromatic rings. The Labute approximate surface area is 62.5 Å². The normalized spacial score (nSPS) is 12.5. The van der Waals surface area contributed by atoms with Crippen LogP contribution in [0.1, 0.15) is 39.0 Å². The molecule has 0 aliphatic rings. The van der Waals surface area contributed by atoms with E-state index in [9.17, 15) is 0 Å². The molecule has 0 fully saturated rings. The summed E-state index contributed by atoms with van der Waals surface area (Å²) in [6.07, 6.45) is 3.88. The fourth-order valence-electron chi connectivity index (χ4n) is 0.815.